The van der Waals surface area contributed by atoms with Gasteiger partial charge in [-0.25, -0.2) is 18.1 Å². The highest BCUT2D eigenvalue weighted by molar-refractivity contribution is 7.92. The summed E-state index contributed by atoms with van der Waals surface area (Å²) in [7, 11) is -1.06. The third-order valence-corrected chi connectivity index (χ3v) is 9.68. The lowest BCUT2D eigenvalue weighted by Crippen LogP contribution is -2.44. The Morgan fingerprint density at radius 3 is 2.31 bits per heavy atom. The van der Waals surface area contributed by atoms with Gasteiger partial charge in [-0.3, -0.25) is 4.68 Å². The van der Waals surface area contributed by atoms with Crippen LogP contribution in [0.4, 0.5) is 33.6 Å². The summed E-state index contributed by atoms with van der Waals surface area (Å²) < 4.78 is 110. The van der Waals surface area contributed by atoms with Crippen molar-refractivity contribution in [2.24, 2.45) is 13.0 Å². The van der Waals surface area contributed by atoms with Crippen LogP contribution in [0, 0.1) is 5.92 Å². The number of aryl methyl sites for hydroxylation is 2. The second-order valence-corrected chi connectivity index (χ2v) is 14.2. The fourth-order valence-electron chi connectivity index (χ4n) is 5.28. The van der Waals surface area contributed by atoms with Crippen LogP contribution >= 0.6 is 11.6 Å². The highest BCUT2D eigenvalue weighted by atomic mass is 35.5. The van der Waals surface area contributed by atoms with Crippen LogP contribution in [0.25, 0.3) is 11.3 Å². The first-order valence-corrected chi connectivity index (χ1v) is 17.2. The van der Waals surface area contributed by atoms with E-state index in [4.69, 9.17) is 16.3 Å². The molecule has 1 fully saturated rings. The van der Waals surface area contributed by atoms with E-state index in [9.17, 15) is 21.6 Å². The van der Waals surface area contributed by atoms with Crippen molar-refractivity contribution >= 4 is 33.3 Å². The van der Waals surface area contributed by atoms with Gasteiger partial charge in [-0.1, -0.05) is 55.8 Å². The van der Waals surface area contributed by atoms with Crippen LogP contribution in [0.5, 0.6) is 11.6 Å². The minimum absolute atomic E-state index is 0.0525. The number of piperazine rings is 1. The highest BCUT2D eigenvalue weighted by Gasteiger charge is 2.62. The largest absolute Gasteiger partial charge is 0.458 e. The number of rotatable bonds is 11. The number of alkyl halides is 5. The molecule has 4 aromatic rings. The van der Waals surface area contributed by atoms with E-state index in [2.05, 4.69) is 24.7 Å². The van der Waals surface area contributed by atoms with Crippen LogP contribution in [0.3, 0.4) is 0 Å². The van der Waals surface area contributed by atoms with Gasteiger partial charge in [-0.2, -0.15) is 32.0 Å². The minimum atomic E-state index is -6.11. The van der Waals surface area contributed by atoms with Crippen LogP contribution in [-0.4, -0.2) is 72.5 Å². The Balaban J connectivity index is 1.74. The molecule has 0 atom stereocenters. The molecule has 2 aromatic heterocycles. The number of aromatic nitrogens is 4. The molecule has 1 aliphatic heterocycles. The molecule has 1 saturated heterocycles. The van der Waals surface area contributed by atoms with Crippen molar-refractivity contribution in [3.63, 3.8) is 0 Å². The van der Waals surface area contributed by atoms with E-state index in [-0.39, 0.29) is 27.1 Å². The fourth-order valence-corrected chi connectivity index (χ4v) is 6.49. The Morgan fingerprint density at radius 1 is 0.980 bits per heavy atom. The topological polar surface area (TPSA) is 105 Å². The number of benzene rings is 2. The fraction of sp³-hybridized carbons (Fsp3) is 0.406. The van der Waals surface area contributed by atoms with Gasteiger partial charge in [0.1, 0.15) is 21.2 Å². The molecule has 0 amide bonds. The number of ether oxygens (including phenoxy) is 1. The number of sulfonamides is 1. The molecule has 0 radical (unpaired) electrons. The molecule has 0 saturated carbocycles. The Labute approximate surface area is 285 Å². The maximum atomic E-state index is 15.8. The molecule has 1 aliphatic rings. The predicted octanol–water partition coefficient (Wildman–Crippen LogP) is 7.12. The average molecular weight is 728 g/mol. The van der Waals surface area contributed by atoms with Crippen LogP contribution in [-0.2, 0) is 29.4 Å². The molecule has 17 heteroatoms. The van der Waals surface area contributed by atoms with Gasteiger partial charge in [0, 0.05) is 45.0 Å². The van der Waals surface area contributed by atoms with Crippen molar-refractivity contribution in [1.29, 1.82) is 0 Å². The zero-order valence-electron chi connectivity index (χ0n) is 27.1. The monoisotopic (exact) mass is 727 g/mol. The Hall–Kier alpha value is -4.02. The van der Waals surface area contributed by atoms with Crippen molar-refractivity contribution in [2.75, 3.05) is 42.8 Å². The number of hydrogen-bond acceptors (Lipinski definition) is 8. The molecule has 5 rings (SSSR count). The number of nitrogens with one attached hydrogen (secondary N) is 1. The molecular formula is C32H35ClF5N7O3S. The third kappa shape index (κ3) is 7.91. The molecule has 1 N–H and O–H groups in total. The van der Waals surface area contributed by atoms with Crippen molar-refractivity contribution in [2.45, 2.75) is 43.7 Å². The predicted molar refractivity (Wildman–Crippen MR) is 176 cm³/mol. The van der Waals surface area contributed by atoms with Crippen LogP contribution in [0.15, 0.2) is 59.8 Å². The van der Waals surface area contributed by atoms with E-state index in [0.29, 0.717) is 50.3 Å². The lowest BCUT2D eigenvalue weighted by molar-refractivity contribution is -0.289. The highest BCUT2D eigenvalue weighted by Crippen LogP contribution is 2.52. The van der Waals surface area contributed by atoms with Gasteiger partial charge in [0.25, 0.3) is 10.0 Å². The summed E-state index contributed by atoms with van der Waals surface area (Å²) in [5, 5.41) is 3.78. The number of hydrogen-bond donors (Lipinski definition) is 1. The Kier molecular flexibility index (Phi) is 10.4. The second-order valence-electron chi connectivity index (χ2n) is 12.2. The first-order chi connectivity index (χ1) is 23.0. The molecule has 0 unspecified atom stereocenters. The van der Waals surface area contributed by atoms with Crippen molar-refractivity contribution in [1.82, 2.24) is 24.6 Å². The van der Waals surface area contributed by atoms with Gasteiger partial charge in [0.2, 0.25) is 11.8 Å². The molecule has 0 spiro atoms. The van der Waals surface area contributed by atoms with E-state index in [0.717, 1.165) is 12.4 Å². The van der Waals surface area contributed by atoms with E-state index < -0.39 is 45.2 Å². The molecule has 3 heterocycles. The van der Waals surface area contributed by atoms with Crippen molar-refractivity contribution < 1.29 is 35.1 Å². The lowest BCUT2D eigenvalue weighted by Gasteiger charge is -2.34. The summed E-state index contributed by atoms with van der Waals surface area (Å²) in [6, 6.07) is 10.5. The van der Waals surface area contributed by atoms with E-state index in [1.54, 1.807) is 18.2 Å². The van der Waals surface area contributed by atoms with E-state index in [1.807, 2.05) is 25.8 Å². The maximum absolute atomic E-state index is 15.8. The van der Waals surface area contributed by atoms with Gasteiger partial charge in [0.05, 0.1) is 17.6 Å². The van der Waals surface area contributed by atoms with E-state index in [1.165, 1.54) is 36.0 Å². The van der Waals surface area contributed by atoms with Gasteiger partial charge in [-0.05, 0) is 43.5 Å². The zero-order chi connectivity index (χ0) is 35.7. The third-order valence-electron chi connectivity index (χ3n) is 8.02. The summed E-state index contributed by atoms with van der Waals surface area (Å²) in [4.78, 5) is 11.6. The van der Waals surface area contributed by atoms with Gasteiger partial charge in [-0.15, -0.1) is 0 Å². The van der Waals surface area contributed by atoms with Crippen molar-refractivity contribution in [3.8, 4) is 22.9 Å². The molecule has 10 nitrogen and oxygen atoms in total. The van der Waals surface area contributed by atoms with Crippen LogP contribution < -0.4 is 14.4 Å². The summed E-state index contributed by atoms with van der Waals surface area (Å²) in [5.41, 5.74) is -1.74. The number of halogens is 6. The van der Waals surface area contributed by atoms with Gasteiger partial charge < -0.3 is 14.5 Å². The smallest absolute Gasteiger partial charge is 0.437 e. The summed E-state index contributed by atoms with van der Waals surface area (Å²) in [5.74, 6) is -7.68. The van der Waals surface area contributed by atoms with Crippen molar-refractivity contribution in [3.05, 3.63) is 71.0 Å². The first-order valence-electron chi connectivity index (χ1n) is 15.3. The molecule has 49 heavy (non-hydrogen) atoms. The summed E-state index contributed by atoms with van der Waals surface area (Å²) >= 11 is 6.71. The quantitative estimate of drug-likeness (QED) is 0.163. The number of likely N-dealkylation sites (N-methyl/N-ethyl adjacent to an activating group) is 1. The standard InChI is InChI=1S/C32H35ClF5N7O3S/c1-20(2)12-13-21-8-5-6-9-23(21)28-26(31(34,35)32(36,37)38)29(41-30(40-28)42-49(46,47)22-18-39-44(4)19-22)48-25-11-7-10-24(27(25)33)45-16-14-43(3)15-17-45/h5-11,18-20H,12-17H2,1-4H3,(H,40,41,42). The first kappa shape index (κ1) is 36.3. The number of anilines is 2. The summed E-state index contributed by atoms with van der Waals surface area (Å²) in [6.07, 6.45) is -3.04. The normalized spacial score (nSPS) is 14.8. The second kappa shape index (κ2) is 14.1. The number of nitrogens with zero attached hydrogens (tertiary/aromatic N) is 6. The van der Waals surface area contributed by atoms with Crippen LogP contribution in [0.2, 0.25) is 5.02 Å². The Morgan fingerprint density at radius 2 is 1.67 bits per heavy atom. The molecule has 0 aliphatic carbocycles. The summed E-state index contributed by atoms with van der Waals surface area (Å²) in [6.45, 7) is 6.43. The van der Waals surface area contributed by atoms with Crippen LogP contribution in [0.1, 0.15) is 31.4 Å². The minimum Gasteiger partial charge on any atom is -0.437 e. The van der Waals surface area contributed by atoms with Gasteiger partial charge in [0.15, 0.2) is 0 Å². The van der Waals surface area contributed by atoms with Gasteiger partial charge >= 0.3 is 12.1 Å². The maximum Gasteiger partial charge on any atom is 0.458 e. The average Bonchev–Trinajstić information content (AvgIpc) is 3.48. The Bertz CT molecular complexity index is 1910. The zero-order valence-corrected chi connectivity index (χ0v) is 28.7. The lowest BCUT2D eigenvalue weighted by atomic mass is 9.93. The molecule has 264 valence electrons. The molecule has 0 bridgehead atoms. The molecular weight excluding hydrogens is 693 g/mol. The van der Waals surface area contributed by atoms with E-state index >= 15 is 8.78 Å². The SMILES string of the molecule is CC(C)CCc1ccccc1-c1nc(NS(=O)(=O)c2cnn(C)c2)nc(Oc2cccc(N3CCN(C)CC3)c2Cl)c1C(F)(F)C(F)(F)F. The molecule has 2 aromatic carbocycles.